The number of hydrogen-bond acceptors (Lipinski definition) is 4. The van der Waals surface area contributed by atoms with Gasteiger partial charge in [-0.05, 0) is 30.7 Å². The second-order valence-corrected chi connectivity index (χ2v) is 6.30. The van der Waals surface area contributed by atoms with Crippen molar-refractivity contribution in [2.75, 3.05) is 18.4 Å². The van der Waals surface area contributed by atoms with Crippen molar-refractivity contribution in [3.05, 3.63) is 47.7 Å². The Hall–Kier alpha value is -2.84. The summed E-state index contributed by atoms with van der Waals surface area (Å²) in [4.78, 5) is 26.3. The van der Waals surface area contributed by atoms with Crippen LogP contribution in [-0.2, 0) is 11.0 Å². The van der Waals surface area contributed by atoms with Gasteiger partial charge in [-0.2, -0.15) is 13.2 Å². The van der Waals surface area contributed by atoms with E-state index in [0.717, 1.165) is 43.5 Å². The van der Waals surface area contributed by atoms with Crippen molar-refractivity contribution in [1.82, 2.24) is 10.1 Å². The Balaban J connectivity index is 2.07. The molecule has 0 bridgehead atoms. The van der Waals surface area contributed by atoms with Gasteiger partial charge in [0.2, 0.25) is 5.91 Å². The van der Waals surface area contributed by atoms with Crippen LogP contribution in [0.4, 0.5) is 19.0 Å². The van der Waals surface area contributed by atoms with Gasteiger partial charge in [0.1, 0.15) is 12.8 Å². The first-order chi connectivity index (χ1) is 13.3. The standard InChI is InChI=1S/C19H22F3N3O3/c1-2-3-4-5-11-25(13-17(26)23-16-10-12-28-24-16)18(27)14-6-8-15(9-7-14)19(20,21)22/h6-10,12H,2-5,11,13H2,1H3,(H,23,24,26). The molecule has 28 heavy (non-hydrogen) atoms. The largest absolute Gasteiger partial charge is 0.416 e. The smallest absolute Gasteiger partial charge is 0.363 e. The van der Waals surface area contributed by atoms with Crippen LogP contribution >= 0.6 is 0 Å². The van der Waals surface area contributed by atoms with Gasteiger partial charge in [0.15, 0.2) is 5.82 Å². The van der Waals surface area contributed by atoms with Crippen LogP contribution in [0.3, 0.4) is 0 Å². The molecule has 0 aliphatic heterocycles. The summed E-state index contributed by atoms with van der Waals surface area (Å²) in [6, 6.07) is 5.43. The third-order valence-electron chi connectivity index (χ3n) is 4.07. The number of rotatable bonds is 9. The third kappa shape index (κ3) is 6.40. The van der Waals surface area contributed by atoms with Gasteiger partial charge in [0.05, 0.1) is 5.56 Å². The number of unbranched alkanes of at least 4 members (excludes halogenated alkanes) is 3. The van der Waals surface area contributed by atoms with Gasteiger partial charge in [-0.15, -0.1) is 0 Å². The van der Waals surface area contributed by atoms with E-state index in [4.69, 9.17) is 0 Å². The molecule has 0 saturated heterocycles. The summed E-state index contributed by atoms with van der Waals surface area (Å²) in [6.45, 7) is 2.14. The molecule has 152 valence electrons. The lowest BCUT2D eigenvalue weighted by Gasteiger charge is -2.22. The molecule has 0 spiro atoms. The number of hydrogen-bond donors (Lipinski definition) is 1. The fraction of sp³-hybridized carbons (Fsp3) is 0.421. The van der Waals surface area contributed by atoms with E-state index in [0.29, 0.717) is 13.0 Å². The molecule has 1 aromatic carbocycles. The molecule has 2 aromatic rings. The molecule has 1 aromatic heterocycles. The molecule has 6 nitrogen and oxygen atoms in total. The Morgan fingerprint density at radius 3 is 2.39 bits per heavy atom. The second-order valence-electron chi connectivity index (χ2n) is 6.30. The Labute approximate surface area is 160 Å². The number of benzene rings is 1. The topological polar surface area (TPSA) is 75.4 Å². The number of halogens is 3. The number of nitrogens with zero attached hydrogens (tertiary/aromatic N) is 2. The van der Waals surface area contributed by atoms with Crippen LogP contribution in [0.2, 0.25) is 0 Å². The molecule has 0 unspecified atom stereocenters. The second kappa shape index (κ2) is 9.91. The van der Waals surface area contributed by atoms with E-state index in [1.54, 1.807) is 0 Å². The minimum Gasteiger partial charge on any atom is -0.363 e. The number of amides is 2. The first-order valence-electron chi connectivity index (χ1n) is 8.98. The number of carbonyl (C=O) groups excluding carboxylic acids is 2. The molecule has 0 radical (unpaired) electrons. The molecule has 0 aliphatic carbocycles. The average molecular weight is 397 g/mol. The van der Waals surface area contributed by atoms with E-state index in [1.807, 2.05) is 0 Å². The van der Waals surface area contributed by atoms with Crippen molar-refractivity contribution in [2.45, 2.75) is 38.8 Å². The van der Waals surface area contributed by atoms with Crippen LogP contribution in [0.1, 0.15) is 48.5 Å². The van der Waals surface area contributed by atoms with Crippen molar-refractivity contribution >= 4 is 17.6 Å². The molecule has 0 fully saturated rings. The fourth-order valence-corrected chi connectivity index (χ4v) is 2.60. The van der Waals surface area contributed by atoms with Crippen LogP contribution in [0.5, 0.6) is 0 Å². The van der Waals surface area contributed by atoms with E-state index in [-0.39, 0.29) is 17.9 Å². The van der Waals surface area contributed by atoms with Gasteiger partial charge in [-0.25, -0.2) is 0 Å². The summed E-state index contributed by atoms with van der Waals surface area (Å²) in [5.41, 5.74) is -0.736. The molecule has 0 saturated carbocycles. The Morgan fingerprint density at radius 2 is 1.82 bits per heavy atom. The summed E-state index contributed by atoms with van der Waals surface area (Å²) < 4.78 is 42.8. The van der Waals surface area contributed by atoms with Gasteiger partial charge in [-0.3, -0.25) is 9.59 Å². The maximum Gasteiger partial charge on any atom is 0.416 e. The number of carbonyl (C=O) groups is 2. The molecule has 9 heteroatoms. The molecule has 0 aliphatic rings. The van der Waals surface area contributed by atoms with Crippen molar-refractivity contribution in [2.24, 2.45) is 0 Å². The number of aromatic nitrogens is 1. The maximum atomic E-state index is 12.7. The molecular formula is C19H22F3N3O3. The van der Waals surface area contributed by atoms with E-state index in [2.05, 4.69) is 21.9 Å². The van der Waals surface area contributed by atoms with E-state index < -0.39 is 23.6 Å². The molecule has 2 rings (SSSR count). The van der Waals surface area contributed by atoms with Gasteiger partial charge in [0.25, 0.3) is 5.91 Å². The highest BCUT2D eigenvalue weighted by Gasteiger charge is 2.30. The lowest BCUT2D eigenvalue weighted by Crippen LogP contribution is -2.38. The Bertz CT molecular complexity index is 759. The summed E-state index contributed by atoms with van der Waals surface area (Å²) in [6.07, 6.45) is 0.410. The molecule has 1 N–H and O–H groups in total. The third-order valence-corrected chi connectivity index (χ3v) is 4.07. The van der Waals surface area contributed by atoms with E-state index in [9.17, 15) is 22.8 Å². The Kier molecular flexibility index (Phi) is 7.60. The highest BCUT2D eigenvalue weighted by atomic mass is 19.4. The first kappa shape index (κ1) is 21.5. The van der Waals surface area contributed by atoms with E-state index >= 15 is 0 Å². The zero-order valence-electron chi connectivity index (χ0n) is 15.5. The maximum absolute atomic E-state index is 12.7. The quantitative estimate of drug-likeness (QED) is 0.638. The molecule has 0 atom stereocenters. The highest BCUT2D eigenvalue weighted by molar-refractivity contribution is 5.99. The van der Waals surface area contributed by atoms with Gasteiger partial charge < -0.3 is 14.7 Å². The lowest BCUT2D eigenvalue weighted by molar-refractivity contribution is -0.137. The molecule has 2 amide bonds. The summed E-state index contributed by atoms with van der Waals surface area (Å²) in [5.74, 6) is -0.747. The van der Waals surface area contributed by atoms with Crippen LogP contribution in [0.25, 0.3) is 0 Å². The number of nitrogens with one attached hydrogen (secondary N) is 1. The van der Waals surface area contributed by atoms with Crippen molar-refractivity contribution in [3.8, 4) is 0 Å². The number of alkyl halides is 3. The van der Waals surface area contributed by atoms with Gasteiger partial charge in [0, 0.05) is 18.2 Å². The predicted octanol–water partition coefficient (Wildman–Crippen LogP) is 4.35. The summed E-state index contributed by atoms with van der Waals surface area (Å²) in [7, 11) is 0. The fourth-order valence-electron chi connectivity index (χ4n) is 2.60. The Morgan fingerprint density at radius 1 is 1.11 bits per heavy atom. The minimum atomic E-state index is -4.47. The lowest BCUT2D eigenvalue weighted by atomic mass is 10.1. The van der Waals surface area contributed by atoms with Gasteiger partial charge in [-0.1, -0.05) is 31.3 Å². The molecular weight excluding hydrogens is 375 g/mol. The first-order valence-corrected chi connectivity index (χ1v) is 8.98. The number of anilines is 1. The predicted molar refractivity (Wildman–Crippen MR) is 96.6 cm³/mol. The van der Waals surface area contributed by atoms with Crippen molar-refractivity contribution < 1.29 is 27.3 Å². The zero-order valence-corrected chi connectivity index (χ0v) is 15.5. The molecule has 1 heterocycles. The SMILES string of the molecule is CCCCCCN(CC(=O)Nc1ccon1)C(=O)c1ccc(C(F)(F)F)cc1. The van der Waals surface area contributed by atoms with Crippen molar-refractivity contribution in [3.63, 3.8) is 0 Å². The van der Waals surface area contributed by atoms with Crippen LogP contribution in [0.15, 0.2) is 41.1 Å². The summed E-state index contributed by atoms with van der Waals surface area (Å²) >= 11 is 0. The average Bonchev–Trinajstić information content (AvgIpc) is 3.16. The van der Waals surface area contributed by atoms with Crippen LogP contribution in [0, 0.1) is 0 Å². The normalized spacial score (nSPS) is 11.3. The summed E-state index contributed by atoms with van der Waals surface area (Å²) in [5, 5.41) is 6.07. The monoisotopic (exact) mass is 397 g/mol. The minimum absolute atomic E-state index is 0.0951. The highest BCUT2D eigenvalue weighted by Crippen LogP contribution is 2.29. The van der Waals surface area contributed by atoms with Gasteiger partial charge >= 0.3 is 6.18 Å². The zero-order chi connectivity index (χ0) is 20.6. The van der Waals surface area contributed by atoms with Crippen molar-refractivity contribution in [1.29, 1.82) is 0 Å². The van der Waals surface area contributed by atoms with Crippen LogP contribution in [-0.4, -0.2) is 35.0 Å². The van der Waals surface area contributed by atoms with E-state index in [1.165, 1.54) is 17.2 Å². The van der Waals surface area contributed by atoms with Crippen LogP contribution < -0.4 is 5.32 Å².